The van der Waals surface area contributed by atoms with E-state index >= 15 is 0 Å². The van der Waals surface area contributed by atoms with E-state index in [1.54, 1.807) is 23.5 Å². The molecule has 0 radical (unpaired) electrons. The van der Waals surface area contributed by atoms with E-state index in [1.165, 1.54) is 0 Å². The van der Waals surface area contributed by atoms with E-state index in [-0.39, 0.29) is 11.9 Å². The molecule has 4 nitrogen and oxygen atoms in total. The molecule has 2 rings (SSSR count). The topological polar surface area (TPSA) is 68.0 Å². The van der Waals surface area contributed by atoms with Crippen LogP contribution >= 0.6 is 11.3 Å². The fourth-order valence-electron chi connectivity index (χ4n) is 1.80. The molecule has 0 fully saturated rings. The smallest absolute Gasteiger partial charge is 0.251 e. The van der Waals surface area contributed by atoms with Crippen LogP contribution in [-0.2, 0) is 0 Å². The highest BCUT2D eigenvalue weighted by molar-refractivity contribution is 7.09. The zero-order valence-electron chi connectivity index (χ0n) is 12.0. The van der Waals surface area contributed by atoms with Gasteiger partial charge in [0.15, 0.2) is 0 Å². The molecule has 0 bridgehead atoms. The van der Waals surface area contributed by atoms with E-state index in [1.807, 2.05) is 31.4 Å². The molecular formula is C16H17N3OS. The van der Waals surface area contributed by atoms with Crippen molar-refractivity contribution in [2.24, 2.45) is 5.73 Å². The second-order valence-corrected chi connectivity index (χ2v) is 5.50. The Bertz CT molecular complexity index is 697. The highest BCUT2D eigenvalue weighted by Crippen LogP contribution is 2.18. The lowest BCUT2D eigenvalue weighted by Gasteiger charge is -2.11. The van der Waals surface area contributed by atoms with Gasteiger partial charge in [0.2, 0.25) is 0 Å². The van der Waals surface area contributed by atoms with Crippen molar-refractivity contribution < 1.29 is 4.79 Å². The summed E-state index contributed by atoms with van der Waals surface area (Å²) in [6.45, 7) is 4.17. The molecule has 5 heteroatoms. The van der Waals surface area contributed by atoms with E-state index in [0.717, 1.165) is 16.3 Å². The molecule has 0 spiro atoms. The van der Waals surface area contributed by atoms with Crippen LogP contribution in [0.25, 0.3) is 0 Å². The van der Waals surface area contributed by atoms with Crippen LogP contribution in [-0.4, -0.2) is 17.4 Å². The summed E-state index contributed by atoms with van der Waals surface area (Å²) in [6.07, 6.45) is 0. The normalized spacial score (nSPS) is 11.4. The van der Waals surface area contributed by atoms with Crippen LogP contribution in [0.2, 0.25) is 0 Å². The number of nitrogens with two attached hydrogens (primary N) is 1. The molecule has 1 aromatic carbocycles. The molecule has 108 valence electrons. The van der Waals surface area contributed by atoms with Crippen LogP contribution < -0.4 is 11.1 Å². The Labute approximate surface area is 128 Å². The molecule has 21 heavy (non-hydrogen) atoms. The van der Waals surface area contributed by atoms with Gasteiger partial charge in [-0.05, 0) is 32.0 Å². The Balaban J connectivity index is 2.09. The van der Waals surface area contributed by atoms with Gasteiger partial charge < -0.3 is 11.1 Å². The number of carbonyl (C=O) groups is 1. The number of amides is 1. The minimum atomic E-state index is -0.133. The summed E-state index contributed by atoms with van der Waals surface area (Å²) < 4.78 is 0. The maximum atomic E-state index is 12.3. The Morgan fingerprint density at radius 3 is 3.00 bits per heavy atom. The van der Waals surface area contributed by atoms with Crippen molar-refractivity contribution in [2.45, 2.75) is 19.9 Å². The van der Waals surface area contributed by atoms with Gasteiger partial charge in [0.25, 0.3) is 5.91 Å². The summed E-state index contributed by atoms with van der Waals surface area (Å²) in [5.41, 5.74) is 7.68. The van der Waals surface area contributed by atoms with E-state index < -0.39 is 0 Å². The minimum absolute atomic E-state index is 0.116. The van der Waals surface area contributed by atoms with Gasteiger partial charge >= 0.3 is 0 Å². The third-order valence-corrected chi connectivity index (χ3v) is 3.96. The van der Waals surface area contributed by atoms with Gasteiger partial charge in [0, 0.05) is 22.2 Å². The van der Waals surface area contributed by atoms with Crippen LogP contribution in [0.3, 0.4) is 0 Å². The van der Waals surface area contributed by atoms with Crippen LogP contribution in [0.15, 0.2) is 29.6 Å². The molecule has 0 aliphatic heterocycles. The Kier molecular flexibility index (Phi) is 5.09. The van der Waals surface area contributed by atoms with Crippen molar-refractivity contribution in [3.63, 3.8) is 0 Å². The third-order valence-electron chi connectivity index (χ3n) is 2.81. The first-order valence-electron chi connectivity index (χ1n) is 6.62. The lowest BCUT2D eigenvalue weighted by atomic mass is 10.1. The second kappa shape index (κ2) is 7.02. The number of carbonyl (C=O) groups excluding carboxylic acids is 1. The number of hydrogen-bond donors (Lipinski definition) is 2. The third kappa shape index (κ3) is 4.15. The zero-order chi connectivity index (χ0) is 15.2. The molecule has 1 unspecified atom stereocenters. The SMILES string of the molecule is Cc1csc(C(C)NC(=O)c2cccc(C#CCN)c2)n1. The standard InChI is InChI=1S/C16H17N3OS/c1-11-10-21-16(18-11)12(2)19-15(20)14-7-3-5-13(9-14)6-4-8-17/h3,5,7,9-10,12H,8,17H2,1-2H3,(H,19,20). The maximum absolute atomic E-state index is 12.3. The summed E-state index contributed by atoms with van der Waals surface area (Å²) in [4.78, 5) is 16.6. The summed E-state index contributed by atoms with van der Waals surface area (Å²) in [7, 11) is 0. The number of hydrogen-bond acceptors (Lipinski definition) is 4. The molecule has 3 N–H and O–H groups in total. The molecule has 0 aliphatic carbocycles. The number of rotatable bonds is 3. The molecule has 1 aromatic heterocycles. The van der Waals surface area contributed by atoms with E-state index in [4.69, 9.17) is 5.73 Å². The van der Waals surface area contributed by atoms with Crippen molar-refractivity contribution in [3.05, 3.63) is 51.5 Å². The van der Waals surface area contributed by atoms with Crippen LogP contribution in [0.5, 0.6) is 0 Å². The predicted octanol–water partition coefficient (Wildman–Crippen LogP) is 2.25. The van der Waals surface area contributed by atoms with Crippen molar-refractivity contribution in [3.8, 4) is 11.8 Å². The molecule has 1 atom stereocenters. The summed E-state index contributed by atoms with van der Waals surface area (Å²) in [5, 5.41) is 5.82. The van der Waals surface area contributed by atoms with Crippen molar-refractivity contribution in [1.82, 2.24) is 10.3 Å². The van der Waals surface area contributed by atoms with Gasteiger partial charge in [-0.3, -0.25) is 4.79 Å². The highest BCUT2D eigenvalue weighted by atomic mass is 32.1. The fourth-order valence-corrected chi connectivity index (χ4v) is 2.61. The average molecular weight is 299 g/mol. The Morgan fingerprint density at radius 1 is 1.52 bits per heavy atom. The first kappa shape index (κ1) is 15.2. The van der Waals surface area contributed by atoms with Gasteiger partial charge in [-0.25, -0.2) is 4.98 Å². The summed E-state index contributed by atoms with van der Waals surface area (Å²) in [6, 6.07) is 7.08. The number of benzene rings is 1. The fraction of sp³-hybridized carbons (Fsp3) is 0.250. The second-order valence-electron chi connectivity index (χ2n) is 4.61. The van der Waals surface area contributed by atoms with Crippen LogP contribution in [0.1, 0.15) is 39.6 Å². The summed E-state index contributed by atoms with van der Waals surface area (Å²) in [5.74, 6) is 5.57. The van der Waals surface area contributed by atoms with Gasteiger partial charge in [-0.2, -0.15) is 0 Å². The molecule has 2 aromatic rings. The van der Waals surface area contributed by atoms with Crippen LogP contribution in [0.4, 0.5) is 0 Å². The predicted molar refractivity (Wildman–Crippen MR) is 85.1 cm³/mol. The first-order chi connectivity index (χ1) is 10.1. The summed E-state index contributed by atoms with van der Waals surface area (Å²) >= 11 is 1.55. The van der Waals surface area contributed by atoms with Crippen molar-refractivity contribution in [2.75, 3.05) is 6.54 Å². The van der Waals surface area contributed by atoms with E-state index in [2.05, 4.69) is 22.1 Å². The molecule has 0 saturated carbocycles. The molecular weight excluding hydrogens is 282 g/mol. The number of aryl methyl sites for hydroxylation is 1. The maximum Gasteiger partial charge on any atom is 0.251 e. The van der Waals surface area contributed by atoms with Crippen molar-refractivity contribution >= 4 is 17.2 Å². The minimum Gasteiger partial charge on any atom is -0.343 e. The lowest BCUT2D eigenvalue weighted by Crippen LogP contribution is -2.26. The average Bonchev–Trinajstić information content (AvgIpc) is 2.92. The van der Waals surface area contributed by atoms with Gasteiger partial charge in [-0.15, -0.1) is 11.3 Å². The van der Waals surface area contributed by atoms with E-state index in [9.17, 15) is 4.79 Å². The molecule has 1 amide bonds. The molecule has 1 heterocycles. The highest BCUT2D eigenvalue weighted by Gasteiger charge is 2.14. The quantitative estimate of drug-likeness (QED) is 0.854. The van der Waals surface area contributed by atoms with Crippen LogP contribution in [0, 0.1) is 18.8 Å². The number of nitrogens with one attached hydrogen (secondary N) is 1. The largest absolute Gasteiger partial charge is 0.343 e. The number of thiazole rings is 1. The molecule has 0 saturated heterocycles. The monoisotopic (exact) mass is 299 g/mol. The zero-order valence-corrected chi connectivity index (χ0v) is 12.8. The first-order valence-corrected chi connectivity index (χ1v) is 7.50. The van der Waals surface area contributed by atoms with Gasteiger partial charge in [0.05, 0.1) is 12.6 Å². The lowest BCUT2D eigenvalue weighted by molar-refractivity contribution is 0.0940. The Morgan fingerprint density at radius 2 is 2.33 bits per heavy atom. The number of nitrogens with zero attached hydrogens (tertiary/aromatic N) is 1. The number of aromatic nitrogens is 1. The Hall–Kier alpha value is -2.16. The van der Waals surface area contributed by atoms with E-state index in [0.29, 0.717) is 12.1 Å². The molecule has 0 aliphatic rings. The van der Waals surface area contributed by atoms with Crippen molar-refractivity contribution in [1.29, 1.82) is 0 Å². The van der Waals surface area contributed by atoms with Gasteiger partial charge in [-0.1, -0.05) is 17.9 Å². The van der Waals surface area contributed by atoms with Gasteiger partial charge in [0.1, 0.15) is 5.01 Å².